The standard InChI is InChI=1S/C16H13FO3/c1-20-13-8-6-11(7-9-13)14(16(18)19)10-12-4-2-3-5-15(12)17/h2-10H,1H3,(H,18,19)/b14-10+. The van der Waals surface area contributed by atoms with Crippen LogP contribution in [0, 0.1) is 5.82 Å². The summed E-state index contributed by atoms with van der Waals surface area (Å²) in [5, 5.41) is 9.28. The van der Waals surface area contributed by atoms with E-state index in [0.717, 1.165) is 0 Å². The molecule has 0 aliphatic heterocycles. The molecule has 0 heterocycles. The molecule has 2 aromatic rings. The van der Waals surface area contributed by atoms with Gasteiger partial charge in [-0.05, 0) is 29.8 Å². The Bertz CT molecular complexity index is 645. The normalized spacial score (nSPS) is 11.2. The zero-order valence-corrected chi connectivity index (χ0v) is 10.8. The maximum atomic E-state index is 13.6. The molecular weight excluding hydrogens is 259 g/mol. The number of benzene rings is 2. The largest absolute Gasteiger partial charge is 0.497 e. The summed E-state index contributed by atoms with van der Waals surface area (Å²) >= 11 is 0. The molecule has 4 heteroatoms. The number of aliphatic carboxylic acids is 1. The minimum atomic E-state index is -1.11. The molecule has 0 aliphatic rings. The number of ether oxygens (including phenoxy) is 1. The second-order valence-electron chi connectivity index (χ2n) is 4.11. The van der Waals surface area contributed by atoms with Gasteiger partial charge in [-0.25, -0.2) is 9.18 Å². The van der Waals surface area contributed by atoms with Gasteiger partial charge in [0.1, 0.15) is 11.6 Å². The molecule has 20 heavy (non-hydrogen) atoms. The average molecular weight is 272 g/mol. The third-order valence-electron chi connectivity index (χ3n) is 2.84. The smallest absolute Gasteiger partial charge is 0.336 e. The summed E-state index contributed by atoms with van der Waals surface area (Å²) in [6.45, 7) is 0. The van der Waals surface area contributed by atoms with Crippen LogP contribution in [0.2, 0.25) is 0 Å². The van der Waals surface area contributed by atoms with E-state index >= 15 is 0 Å². The monoisotopic (exact) mass is 272 g/mol. The highest BCUT2D eigenvalue weighted by molar-refractivity contribution is 6.20. The predicted octanol–water partition coefficient (Wildman–Crippen LogP) is 3.46. The molecule has 2 rings (SSSR count). The highest BCUT2D eigenvalue weighted by Gasteiger charge is 2.11. The van der Waals surface area contributed by atoms with Crippen LogP contribution in [-0.2, 0) is 4.79 Å². The third kappa shape index (κ3) is 3.03. The first-order valence-corrected chi connectivity index (χ1v) is 5.96. The fourth-order valence-corrected chi connectivity index (χ4v) is 1.79. The van der Waals surface area contributed by atoms with E-state index in [1.54, 1.807) is 36.4 Å². The van der Waals surface area contributed by atoms with Crippen LogP contribution in [0.3, 0.4) is 0 Å². The first-order chi connectivity index (χ1) is 9.61. The van der Waals surface area contributed by atoms with Gasteiger partial charge in [0.2, 0.25) is 0 Å². The molecule has 0 amide bonds. The van der Waals surface area contributed by atoms with Crippen molar-refractivity contribution in [3.63, 3.8) is 0 Å². The SMILES string of the molecule is COc1ccc(/C(=C\c2ccccc2F)C(=O)O)cc1. The van der Waals surface area contributed by atoms with Crippen molar-refractivity contribution in [1.29, 1.82) is 0 Å². The maximum Gasteiger partial charge on any atom is 0.336 e. The maximum absolute atomic E-state index is 13.6. The fourth-order valence-electron chi connectivity index (χ4n) is 1.79. The quantitative estimate of drug-likeness (QED) is 0.685. The van der Waals surface area contributed by atoms with E-state index in [2.05, 4.69) is 0 Å². The van der Waals surface area contributed by atoms with Crippen LogP contribution in [0.1, 0.15) is 11.1 Å². The van der Waals surface area contributed by atoms with Crippen LogP contribution in [-0.4, -0.2) is 18.2 Å². The molecular formula is C16H13FO3. The van der Waals surface area contributed by atoms with E-state index in [0.29, 0.717) is 11.3 Å². The van der Waals surface area contributed by atoms with Crippen molar-refractivity contribution in [2.24, 2.45) is 0 Å². The van der Waals surface area contributed by atoms with Gasteiger partial charge < -0.3 is 9.84 Å². The number of carbonyl (C=O) groups is 1. The van der Waals surface area contributed by atoms with Gasteiger partial charge >= 0.3 is 5.97 Å². The molecule has 2 aromatic carbocycles. The molecule has 0 spiro atoms. The van der Waals surface area contributed by atoms with Crippen molar-refractivity contribution in [2.75, 3.05) is 7.11 Å². The van der Waals surface area contributed by atoms with Crippen LogP contribution in [0.5, 0.6) is 5.75 Å². The van der Waals surface area contributed by atoms with Crippen LogP contribution in [0.15, 0.2) is 48.5 Å². The summed E-state index contributed by atoms with van der Waals surface area (Å²) < 4.78 is 18.6. The van der Waals surface area contributed by atoms with Gasteiger partial charge in [0, 0.05) is 5.56 Å². The summed E-state index contributed by atoms with van der Waals surface area (Å²) in [7, 11) is 1.53. The molecule has 0 atom stereocenters. The van der Waals surface area contributed by atoms with Crippen molar-refractivity contribution in [3.8, 4) is 5.75 Å². The molecule has 0 saturated carbocycles. The molecule has 3 nitrogen and oxygen atoms in total. The lowest BCUT2D eigenvalue weighted by Crippen LogP contribution is -2.00. The molecule has 1 N–H and O–H groups in total. The Morgan fingerprint density at radius 1 is 1.15 bits per heavy atom. The topological polar surface area (TPSA) is 46.5 Å². The number of rotatable bonds is 4. The van der Waals surface area contributed by atoms with Gasteiger partial charge in [-0.1, -0.05) is 30.3 Å². The first kappa shape index (κ1) is 13.8. The molecule has 0 radical (unpaired) electrons. The van der Waals surface area contributed by atoms with E-state index < -0.39 is 11.8 Å². The Kier molecular flexibility index (Phi) is 4.15. The van der Waals surface area contributed by atoms with Gasteiger partial charge in [0.05, 0.1) is 12.7 Å². The highest BCUT2D eigenvalue weighted by Crippen LogP contribution is 2.22. The zero-order chi connectivity index (χ0) is 14.5. The summed E-state index contributed by atoms with van der Waals surface area (Å²) in [6, 6.07) is 12.6. The van der Waals surface area contributed by atoms with Gasteiger partial charge in [0.25, 0.3) is 0 Å². The number of halogens is 1. The molecule has 0 fully saturated rings. The van der Waals surface area contributed by atoms with E-state index in [4.69, 9.17) is 4.74 Å². The molecule has 0 aliphatic carbocycles. The summed E-state index contributed by atoms with van der Waals surface area (Å²) in [5.41, 5.74) is 0.750. The predicted molar refractivity (Wildman–Crippen MR) is 74.9 cm³/mol. The molecule has 0 aromatic heterocycles. The molecule has 0 saturated heterocycles. The highest BCUT2D eigenvalue weighted by atomic mass is 19.1. The Morgan fingerprint density at radius 2 is 1.80 bits per heavy atom. The van der Waals surface area contributed by atoms with E-state index in [1.807, 2.05) is 0 Å². The van der Waals surface area contributed by atoms with Crippen molar-refractivity contribution in [2.45, 2.75) is 0 Å². The van der Waals surface area contributed by atoms with Crippen molar-refractivity contribution in [1.82, 2.24) is 0 Å². The van der Waals surface area contributed by atoms with E-state index in [-0.39, 0.29) is 11.1 Å². The average Bonchev–Trinajstić information content (AvgIpc) is 2.46. The molecule has 0 bridgehead atoms. The van der Waals surface area contributed by atoms with Crippen molar-refractivity contribution >= 4 is 17.6 Å². The van der Waals surface area contributed by atoms with Crippen LogP contribution >= 0.6 is 0 Å². The summed E-state index contributed by atoms with van der Waals surface area (Å²) in [6.07, 6.45) is 1.32. The second-order valence-corrected chi connectivity index (χ2v) is 4.11. The van der Waals surface area contributed by atoms with Gasteiger partial charge in [-0.3, -0.25) is 0 Å². The first-order valence-electron chi connectivity index (χ1n) is 5.96. The van der Waals surface area contributed by atoms with E-state index in [9.17, 15) is 14.3 Å². The molecule has 102 valence electrons. The Hall–Kier alpha value is -2.62. The second kappa shape index (κ2) is 6.02. The van der Waals surface area contributed by atoms with Crippen molar-refractivity contribution in [3.05, 3.63) is 65.5 Å². The van der Waals surface area contributed by atoms with E-state index in [1.165, 1.54) is 25.3 Å². The number of hydrogen-bond acceptors (Lipinski definition) is 2. The summed E-state index contributed by atoms with van der Waals surface area (Å²) in [5.74, 6) is -0.942. The number of carboxylic acid groups (broad SMARTS) is 1. The fraction of sp³-hybridized carbons (Fsp3) is 0.0625. The number of methoxy groups -OCH3 is 1. The minimum Gasteiger partial charge on any atom is -0.497 e. The Labute approximate surface area is 115 Å². The minimum absolute atomic E-state index is 0.0257. The lowest BCUT2D eigenvalue weighted by molar-refractivity contribution is -0.130. The number of carboxylic acids is 1. The molecule has 0 unspecified atom stereocenters. The van der Waals surface area contributed by atoms with Crippen molar-refractivity contribution < 1.29 is 19.0 Å². The number of hydrogen-bond donors (Lipinski definition) is 1. The third-order valence-corrected chi connectivity index (χ3v) is 2.84. The van der Waals surface area contributed by atoms with Crippen LogP contribution < -0.4 is 4.74 Å². The zero-order valence-electron chi connectivity index (χ0n) is 10.8. The lowest BCUT2D eigenvalue weighted by atomic mass is 10.0. The van der Waals surface area contributed by atoms with Gasteiger partial charge in [0.15, 0.2) is 0 Å². The van der Waals surface area contributed by atoms with Crippen LogP contribution in [0.25, 0.3) is 11.6 Å². The van der Waals surface area contributed by atoms with Gasteiger partial charge in [-0.15, -0.1) is 0 Å². The summed E-state index contributed by atoms with van der Waals surface area (Å²) in [4.78, 5) is 11.3. The van der Waals surface area contributed by atoms with Gasteiger partial charge in [-0.2, -0.15) is 0 Å². The Morgan fingerprint density at radius 3 is 2.35 bits per heavy atom. The lowest BCUT2D eigenvalue weighted by Gasteiger charge is -2.05. The Balaban J connectivity index is 2.46. The van der Waals surface area contributed by atoms with Crippen LogP contribution in [0.4, 0.5) is 4.39 Å².